The fourth-order valence-electron chi connectivity index (χ4n) is 1.02. The maximum absolute atomic E-state index is 11.2. The Morgan fingerprint density at radius 2 is 2.20 bits per heavy atom. The summed E-state index contributed by atoms with van der Waals surface area (Å²) in [6.45, 7) is 0.980. The Hall–Kier alpha value is -1.26. The lowest BCUT2D eigenvalue weighted by Crippen LogP contribution is -2.16. The van der Waals surface area contributed by atoms with Crippen LogP contribution in [-0.4, -0.2) is 25.4 Å². The lowest BCUT2D eigenvalue weighted by Gasteiger charge is -2.05. The van der Waals surface area contributed by atoms with Crippen molar-refractivity contribution in [2.24, 2.45) is 0 Å². The Kier molecular flexibility index (Phi) is 3.08. The van der Waals surface area contributed by atoms with E-state index in [2.05, 4.69) is 5.32 Å². The van der Waals surface area contributed by atoms with Crippen LogP contribution < -0.4 is 5.32 Å². The number of carbonyl (C=O) groups excluding carboxylic acids is 1. The van der Waals surface area contributed by atoms with E-state index in [1.54, 1.807) is 24.3 Å². The van der Waals surface area contributed by atoms with E-state index in [4.69, 9.17) is 21.1 Å². The second-order valence-electron chi connectivity index (χ2n) is 3.19. The van der Waals surface area contributed by atoms with Crippen LogP contribution in [0.2, 0.25) is 5.02 Å². The molecule has 0 spiro atoms. The van der Waals surface area contributed by atoms with Gasteiger partial charge in [0.2, 0.25) is 0 Å². The molecule has 1 aromatic carbocycles. The van der Waals surface area contributed by atoms with E-state index in [0.29, 0.717) is 23.9 Å². The number of ether oxygens (including phenoxy) is 2. The summed E-state index contributed by atoms with van der Waals surface area (Å²) in [6, 6.07) is 6.80. The molecule has 0 saturated carbocycles. The molecule has 1 aliphatic rings. The molecule has 1 amide bonds. The summed E-state index contributed by atoms with van der Waals surface area (Å²) in [4.78, 5) is 11.2. The Morgan fingerprint density at radius 3 is 2.80 bits per heavy atom. The molecular formula is C10H10ClNO3. The van der Waals surface area contributed by atoms with E-state index in [1.807, 2.05) is 0 Å². The number of halogens is 1. The number of hydrogen-bond acceptors (Lipinski definition) is 3. The fourth-order valence-corrected chi connectivity index (χ4v) is 1.15. The van der Waals surface area contributed by atoms with Crippen LogP contribution in [0, 0.1) is 0 Å². The molecule has 4 nitrogen and oxygen atoms in total. The number of hydrogen-bond donors (Lipinski definition) is 1. The van der Waals surface area contributed by atoms with Gasteiger partial charge in [-0.15, -0.1) is 0 Å². The van der Waals surface area contributed by atoms with Crippen molar-refractivity contribution in [2.75, 3.05) is 18.5 Å². The van der Waals surface area contributed by atoms with E-state index in [9.17, 15) is 4.79 Å². The first-order valence-corrected chi connectivity index (χ1v) is 4.93. The van der Waals surface area contributed by atoms with E-state index in [-0.39, 0.29) is 6.10 Å². The second kappa shape index (κ2) is 4.51. The maximum Gasteiger partial charge on any atom is 0.411 e. The Labute approximate surface area is 92.1 Å². The minimum absolute atomic E-state index is 0.0842. The number of nitrogens with one attached hydrogen (secondary N) is 1. The van der Waals surface area contributed by atoms with E-state index in [0.717, 1.165) is 0 Å². The molecule has 1 aliphatic heterocycles. The largest absolute Gasteiger partial charge is 0.446 e. The molecule has 1 saturated heterocycles. The van der Waals surface area contributed by atoms with Crippen molar-refractivity contribution in [3.05, 3.63) is 29.3 Å². The third-order valence-electron chi connectivity index (χ3n) is 1.89. The second-order valence-corrected chi connectivity index (χ2v) is 3.62. The average molecular weight is 228 g/mol. The number of benzene rings is 1. The number of epoxide rings is 1. The molecule has 1 N–H and O–H groups in total. The highest BCUT2D eigenvalue weighted by Crippen LogP contribution is 2.14. The molecule has 0 aromatic heterocycles. The van der Waals surface area contributed by atoms with Crippen LogP contribution in [0.15, 0.2) is 24.3 Å². The molecule has 5 heteroatoms. The highest BCUT2D eigenvalue weighted by molar-refractivity contribution is 6.30. The molecule has 0 radical (unpaired) electrons. The topological polar surface area (TPSA) is 50.9 Å². The van der Waals surface area contributed by atoms with Gasteiger partial charge in [0.25, 0.3) is 0 Å². The molecule has 2 rings (SSSR count). The van der Waals surface area contributed by atoms with Crippen LogP contribution in [0.3, 0.4) is 0 Å². The van der Waals surface area contributed by atoms with E-state index < -0.39 is 6.09 Å². The van der Waals surface area contributed by atoms with Crippen molar-refractivity contribution < 1.29 is 14.3 Å². The lowest BCUT2D eigenvalue weighted by molar-refractivity contribution is 0.150. The number of amides is 1. The van der Waals surface area contributed by atoms with Crippen molar-refractivity contribution in [3.63, 3.8) is 0 Å². The zero-order chi connectivity index (χ0) is 10.7. The number of rotatable bonds is 3. The predicted molar refractivity (Wildman–Crippen MR) is 56.2 cm³/mol. The highest BCUT2D eigenvalue weighted by Gasteiger charge is 2.24. The summed E-state index contributed by atoms with van der Waals surface area (Å²) in [5, 5.41) is 3.20. The number of anilines is 1. The average Bonchev–Trinajstić information content (AvgIpc) is 3.02. The van der Waals surface area contributed by atoms with Gasteiger partial charge in [-0.1, -0.05) is 11.6 Å². The monoisotopic (exact) mass is 227 g/mol. The minimum Gasteiger partial charge on any atom is -0.446 e. The predicted octanol–water partition coefficient (Wildman–Crippen LogP) is 2.29. The molecular weight excluding hydrogens is 218 g/mol. The van der Waals surface area contributed by atoms with Gasteiger partial charge in [0, 0.05) is 10.7 Å². The van der Waals surface area contributed by atoms with Crippen molar-refractivity contribution in [1.82, 2.24) is 0 Å². The van der Waals surface area contributed by atoms with Gasteiger partial charge in [-0.25, -0.2) is 4.79 Å². The summed E-state index contributed by atoms with van der Waals surface area (Å²) < 4.78 is 9.79. The van der Waals surface area contributed by atoms with Crippen molar-refractivity contribution >= 4 is 23.4 Å². The van der Waals surface area contributed by atoms with Crippen LogP contribution in [0.5, 0.6) is 0 Å². The van der Waals surface area contributed by atoms with Gasteiger partial charge < -0.3 is 9.47 Å². The van der Waals surface area contributed by atoms with Gasteiger partial charge in [0.1, 0.15) is 12.7 Å². The third kappa shape index (κ3) is 3.42. The van der Waals surface area contributed by atoms with Gasteiger partial charge in [0.15, 0.2) is 0 Å². The summed E-state index contributed by atoms with van der Waals surface area (Å²) in [6.07, 6.45) is -0.395. The lowest BCUT2D eigenvalue weighted by atomic mass is 10.3. The Morgan fingerprint density at radius 1 is 1.53 bits per heavy atom. The summed E-state index contributed by atoms with van der Waals surface area (Å²) in [7, 11) is 0. The van der Waals surface area contributed by atoms with Gasteiger partial charge >= 0.3 is 6.09 Å². The zero-order valence-corrected chi connectivity index (χ0v) is 8.66. The van der Waals surface area contributed by atoms with Crippen molar-refractivity contribution in [2.45, 2.75) is 6.10 Å². The molecule has 15 heavy (non-hydrogen) atoms. The standard InChI is InChI=1S/C10H10ClNO3/c11-7-1-3-8(4-2-7)12-10(13)15-6-9-5-14-9/h1-4,9H,5-6H2,(H,12,13)/t9-/m0/s1. The highest BCUT2D eigenvalue weighted by atomic mass is 35.5. The first-order chi connectivity index (χ1) is 7.24. The molecule has 1 fully saturated rings. The van der Waals surface area contributed by atoms with Gasteiger partial charge in [-0.05, 0) is 24.3 Å². The first-order valence-electron chi connectivity index (χ1n) is 4.55. The van der Waals surface area contributed by atoms with Gasteiger partial charge in [-0.2, -0.15) is 0 Å². The quantitative estimate of drug-likeness (QED) is 0.806. The van der Waals surface area contributed by atoms with Crippen LogP contribution >= 0.6 is 11.6 Å². The smallest absolute Gasteiger partial charge is 0.411 e. The summed E-state index contributed by atoms with van der Waals surface area (Å²) in [5.74, 6) is 0. The van der Waals surface area contributed by atoms with E-state index >= 15 is 0 Å². The van der Waals surface area contributed by atoms with Crippen LogP contribution in [0.1, 0.15) is 0 Å². The molecule has 1 heterocycles. The van der Waals surface area contributed by atoms with Gasteiger partial charge in [-0.3, -0.25) is 5.32 Å². The SMILES string of the molecule is O=C(Nc1ccc(Cl)cc1)OC[C@@H]1CO1. The fraction of sp³-hybridized carbons (Fsp3) is 0.300. The summed E-state index contributed by atoms with van der Waals surface area (Å²) >= 11 is 5.70. The van der Waals surface area contributed by atoms with Crippen molar-refractivity contribution in [1.29, 1.82) is 0 Å². The zero-order valence-electron chi connectivity index (χ0n) is 7.90. The summed E-state index contributed by atoms with van der Waals surface area (Å²) in [5.41, 5.74) is 0.654. The molecule has 0 bridgehead atoms. The van der Waals surface area contributed by atoms with Crippen molar-refractivity contribution in [3.8, 4) is 0 Å². The maximum atomic E-state index is 11.2. The van der Waals surface area contributed by atoms with Crippen LogP contribution in [-0.2, 0) is 9.47 Å². The molecule has 1 atom stereocenters. The molecule has 0 unspecified atom stereocenters. The Balaban J connectivity index is 1.79. The minimum atomic E-state index is -0.479. The van der Waals surface area contributed by atoms with Crippen LogP contribution in [0.25, 0.3) is 0 Å². The number of carbonyl (C=O) groups is 1. The van der Waals surface area contributed by atoms with Crippen LogP contribution in [0.4, 0.5) is 10.5 Å². The Bertz CT molecular complexity index is 348. The van der Waals surface area contributed by atoms with E-state index in [1.165, 1.54) is 0 Å². The molecule has 80 valence electrons. The third-order valence-corrected chi connectivity index (χ3v) is 2.15. The normalized spacial score (nSPS) is 18.3. The molecule has 0 aliphatic carbocycles. The molecule has 1 aromatic rings. The van der Waals surface area contributed by atoms with Gasteiger partial charge in [0.05, 0.1) is 6.61 Å². The first kappa shape index (κ1) is 10.3.